The average Bonchev–Trinajstić information content (AvgIpc) is 2.90. The van der Waals surface area contributed by atoms with Crippen LogP contribution in [-0.4, -0.2) is 36.3 Å². The first kappa shape index (κ1) is 15.0. The largest absolute Gasteiger partial charge is 0.392 e. The molecule has 0 radical (unpaired) electrons. The molecule has 1 aliphatic rings. The Kier molecular flexibility index (Phi) is 5.52. The van der Waals surface area contributed by atoms with Crippen LogP contribution in [0.2, 0.25) is 0 Å². The van der Waals surface area contributed by atoms with E-state index in [1.165, 1.54) is 0 Å². The lowest BCUT2D eigenvalue weighted by Crippen LogP contribution is -2.39. The maximum absolute atomic E-state index is 11.9. The van der Waals surface area contributed by atoms with Crippen LogP contribution in [0.1, 0.15) is 24.5 Å². The molecular weight excluding hydrogens is 256 g/mol. The summed E-state index contributed by atoms with van der Waals surface area (Å²) >= 11 is 0. The number of β-amino-alcohol motifs (C(OH)–C–C–N with tert-alkyl or cyclic N) is 1. The molecule has 1 aliphatic heterocycles. The number of rotatable bonds is 6. The Labute approximate surface area is 119 Å². The molecule has 2 unspecified atom stereocenters. The maximum Gasteiger partial charge on any atom is 0.237 e. The van der Waals surface area contributed by atoms with E-state index in [1.54, 1.807) is 0 Å². The fourth-order valence-corrected chi connectivity index (χ4v) is 2.20. The number of benzene rings is 1. The van der Waals surface area contributed by atoms with E-state index in [0.717, 1.165) is 11.1 Å². The average molecular weight is 278 g/mol. The Morgan fingerprint density at radius 3 is 2.70 bits per heavy atom. The molecule has 110 valence electrons. The van der Waals surface area contributed by atoms with Crippen LogP contribution >= 0.6 is 0 Å². The van der Waals surface area contributed by atoms with Gasteiger partial charge in [0.1, 0.15) is 0 Å². The molecule has 1 aromatic carbocycles. The minimum absolute atomic E-state index is 0.0556. The lowest BCUT2D eigenvalue weighted by molar-refractivity contribution is -0.123. The fraction of sp³-hybridized carbons (Fsp3) is 0.533. The summed E-state index contributed by atoms with van der Waals surface area (Å²) < 4.78 is 5.33. The van der Waals surface area contributed by atoms with Crippen molar-refractivity contribution >= 4 is 5.91 Å². The molecule has 0 aromatic heterocycles. The first-order valence-electron chi connectivity index (χ1n) is 7.03. The first-order chi connectivity index (χ1) is 9.69. The van der Waals surface area contributed by atoms with Crippen molar-refractivity contribution in [2.45, 2.75) is 38.6 Å². The van der Waals surface area contributed by atoms with Gasteiger partial charge in [0, 0.05) is 19.7 Å². The minimum atomic E-state index is -0.413. The molecule has 5 heteroatoms. The van der Waals surface area contributed by atoms with Gasteiger partial charge in [-0.25, -0.2) is 0 Å². The highest BCUT2D eigenvalue weighted by atomic mass is 16.5. The zero-order chi connectivity index (χ0) is 14.4. The zero-order valence-electron chi connectivity index (χ0n) is 11.8. The van der Waals surface area contributed by atoms with Crippen molar-refractivity contribution in [2.24, 2.45) is 0 Å². The Hall–Kier alpha value is -1.43. The highest BCUT2D eigenvalue weighted by Crippen LogP contribution is 2.08. The number of ether oxygens (including phenoxy) is 1. The van der Waals surface area contributed by atoms with Gasteiger partial charge in [-0.1, -0.05) is 24.3 Å². The summed E-state index contributed by atoms with van der Waals surface area (Å²) in [5.41, 5.74) is 2.18. The summed E-state index contributed by atoms with van der Waals surface area (Å²) in [4.78, 5) is 11.9. The SMILES string of the molecule is CCOCc1ccc(CNC(=O)C2CC(O)CN2)cc1. The van der Waals surface area contributed by atoms with Gasteiger partial charge in [-0.15, -0.1) is 0 Å². The Bertz CT molecular complexity index is 433. The lowest BCUT2D eigenvalue weighted by atomic mass is 10.1. The van der Waals surface area contributed by atoms with Gasteiger partial charge in [0.25, 0.3) is 0 Å². The lowest BCUT2D eigenvalue weighted by Gasteiger charge is -2.11. The predicted molar refractivity (Wildman–Crippen MR) is 76.0 cm³/mol. The number of carbonyl (C=O) groups excluding carboxylic acids is 1. The van der Waals surface area contributed by atoms with Gasteiger partial charge in [-0.2, -0.15) is 0 Å². The number of hydrogen-bond acceptors (Lipinski definition) is 4. The summed E-state index contributed by atoms with van der Waals surface area (Å²) in [6.07, 6.45) is 0.0719. The second-order valence-corrected chi connectivity index (χ2v) is 5.02. The summed E-state index contributed by atoms with van der Waals surface area (Å²) in [5, 5.41) is 15.3. The third-order valence-corrected chi connectivity index (χ3v) is 3.39. The van der Waals surface area contributed by atoms with Gasteiger partial charge in [0.05, 0.1) is 18.8 Å². The molecule has 0 spiro atoms. The number of nitrogens with one attached hydrogen (secondary N) is 2. The van der Waals surface area contributed by atoms with Crippen LogP contribution in [0, 0.1) is 0 Å². The van der Waals surface area contributed by atoms with Gasteiger partial charge < -0.3 is 20.5 Å². The Morgan fingerprint density at radius 2 is 2.10 bits per heavy atom. The third kappa shape index (κ3) is 4.30. The van der Waals surface area contributed by atoms with E-state index in [9.17, 15) is 9.90 Å². The van der Waals surface area contributed by atoms with Gasteiger partial charge in [-0.3, -0.25) is 4.79 Å². The van der Waals surface area contributed by atoms with Crippen molar-refractivity contribution in [3.05, 3.63) is 35.4 Å². The first-order valence-corrected chi connectivity index (χ1v) is 7.03. The van der Waals surface area contributed by atoms with E-state index in [2.05, 4.69) is 10.6 Å². The molecule has 20 heavy (non-hydrogen) atoms. The molecule has 1 fully saturated rings. The molecule has 1 saturated heterocycles. The fourth-order valence-electron chi connectivity index (χ4n) is 2.20. The van der Waals surface area contributed by atoms with Crippen LogP contribution in [0.15, 0.2) is 24.3 Å². The van der Waals surface area contributed by atoms with Crippen LogP contribution in [0.4, 0.5) is 0 Å². The molecule has 2 atom stereocenters. The number of carbonyl (C=O) groups is 1. The standard InChI is InChI=1S/C15H22N2O3/c1-2-20-10-12-5-3-11(4-6-12)8-17-15(19)14-7-13(18)9-16-14/h3-6,13-14,16,18H,2,7-10H2,1H3,(H,17,19). The van der Waals surface area contributed by atoms with E-state index in [0.29, 0.717) is 32.7 Å². The van der Waals surface area contributed by atoms with Gasteiger partial charge in [0.2, 0.25) is 5.91 Å². The van der Waals surface area contributed by atoms with Crippen LogP contribution in [0.5, 0.6) is 0 Å². The highest BCUT2D eigenvalue weighted by Gasteiger charge is 2.27. The Balaban J connectivity index is 1.77. The van der Waals surface area contributed by atoms with Crippen molar-refractivity contribution in [1.82, 2.24) is 10.6 Å². The molecule has 0 saturated carbocycles. The molecule has 0 aliphatic carbocycles. The Morgan fingerprint density at radius 1 is 1.40 bits per heavy atom. The minimum Gasteiger partial charge on any atom is -0.392 e. The molecule has 1 amide bonds. The highest BCUT2D eigenvalue weighted by molar-refractivity contribution is 5.82. The molecule has 5 nitrogen and oxygen atoms in total. The van der Waals surface area contributed by atoms with Crippen molar-refractivity contribution in [1.29, 1.82) is 0 Å². The van der Waals surface area contributed by atoms with Crippen LogP contribution < -0.4 is 10.6 Å². The molecule has 2 rings (SSSR count). The van der Waals surface area contributed by atoms with Crippen molar-refractivity contribution in [3.8, 4) is 0 Å². The van der Waals surface area contributed by atoms with E-state index < -0.39 is 6.10 Å². The van der Waals surface area contributed by atoms with Crippen LogP contribution in [0.3, 0.4) is 0 Å². The van der Waals surface area contributed by atoms with Crippen molar-refractivity contribution in [2.75, 3.05) is 13.2 Å². The van der Waals surface area contributed by atoms with Crippen molar-refractivity contribution < 1.29 is 14.6 Å². The number of hydrogen-bond donors (Lipinski definition) is 3. The van der Waals surface area contributed by atoms with Gasteiger partial charge in [-0.05, 0) is 24.5 Å². The number of amides is 1. The van der Waals surface area contributed by atoms with Gasteiger partial charge in [0.15, 0.2) is 0 Å². The molecule has 1 heterocycles. The second-order valence-electron chi connectivity index (χ2n) is 5.02. The summed E-state index contributed by atoms with van der Waals surface area (Å²) in [6.45, 7) is 4.29. The normalized spacial score (nSPS) is 21.9. The van der Waals surface area contributed by atoms with E-state index in [-0.39, 0.29) is 11.9 Å². The second kappa shape index (κ2) is 7.38. The predicted octanol–water partition coefficient (Wildman–Crippen LogP) is 0.562. The number of aliphatic hydroxyl groups is 1. The topological polar surface area (TPSA) is 70.6 Å². The van der Waals surface area contributed by atoms with Crippen molar-refractivity contribution in [3.63, 3.8) is 0 Å². The van der Waals surface area contributed by atoms with E-state index >= 15 is 0 Å². The maximum atomic E-state index is 11.9. The van der Waals surface area contributed by atoms with Crippen LogP contribution in [0.25, 0.3) is 0 Å². The summed E-state index contributed by atoms with van der Waals surface area (Å²) in [5.74, 6) is -0.0556. The zero-order valence-corrected chi connectivity index (χ0v) is 11.8. The van der Waals surface area contributed by atoms with Gasteiger partial charge >= 0.3 is 0 Å². The van der Waals surface area contributed by atoms with E-state index in [4.69, 9.17) is 4.74 Å². The smallest absolute Gasteiger partial charge is 0.237 e. The third-order valence-electron chi connectivity index (χ3n) is 3.39. The number of aliphatic hydroxyl groups excluding tert-OH is 1. The van der Waals surface area contributed by atoms with Crippen LogP contribution in [-0.2, 0) is 22.7 Å². The molecule has 3 N–H and O–H groups in total. The molecular formula is C15H22N2O3. The van der Waals surface area contributed by atoms with E-state index in [1.807, 2.05) is 31.2 Å². The molecule has 1 aromatic rings. The summed E-state index contributed by atoms with van der Waals surface area (Å²) in [6, 6.07) is 7.72. The monoisotopic (exact) mass is 278 g/mol. The molecule has 0 bridgehead atoms. The quantitative estimate of drug-likeness (QED) is 0.711. The summed E-state index contributed by atoms with van der Waals surface area (Å²) in [7, 11) is 0.